The molecule has 26 heavy (non-hydrogen) atoms. The average molecular weight is 356 g/mol. The molecule has 6 nitrogen and oxygen atoms in total. The Morgan fingerprint density at radius 1 is 1.27 bits per heavy atom. The molecule has 0 fully saturated rings. The van der Waals surface area contributed by atoms with Crippen LogP contribution in [-0.2, 0) is 22.6 Å². The summed E-state index contributed by atoms with van der Waals surface area (Å²) in [4.78, 5) is 25.2. The minimum atomic E-state index is -0.897. The fourth-order valence-electron chi connectivity index (χ4n) is 2.74. The smallest absolute Gasteiger partial charge is 0.309 e. The van der Waals surface area contributed by atoms with Gasteiger partial charge in [-0.1, -0.05) is 37.3 Å². The van der Waals surface area contributed by atoms with Gasteiger partial charge in [0.25, 0.3) is 0 Å². The molecule has 0 aliphatic carbocycles. The molecule has 1 heterocycles. The second-order valence-corrected chi connectivity index (χ2v) is 6.14. The molecule has 134 valence electrons. The Morgan fingerprint density at radius 3 is 2.69 bits per heavy atom. The summed E-state index contributed by atoms with van der Waals surface area (Å²) < 4.78 is 19.0. The van der Waals surface area contributed by atoms with E-state index in [1.165, 1.54) is 6.07 Å². The van der Waals surface area contributed by atoms with E-state index in [-0.39, 0.29) is 12.6 Å². The number of nitro benzene ring substituents is 1. The first-order valence-electron chi connectivity index (χ1n) is 8.10. The Kier molecular flexibility index (Phi) is 4.97. The van der Waals surface area contributed by atoms with Crippen LogP contribution in [0.1, 0.15) is 18.2 Å². The van der Waals surface area contributed by atoms with Gasteiger partial charge in [-0.15, -0.1) is 0 Å². The Hall–Kier alpha value is -3.22. The van der Waals surface area contributed by atoms with Crippen LogP contribution in [0.25, 0.3) is 10.9 Å². The predicted octanol–water partition coefficient (Wildman–Crippen LogP) is 4.14. The van der Waals surface area contributed by atoms with E-state index >= 15 is 0 Å². The lowest BCUT2D eigenvalue weighted by molar-refractivity contribution is -0.387. The van der Waals surface area contributed by atoms with E-state index in [1.807, 2.05) is 30.3 Å². The number of halogens is 1. The van der Waals surface area contributed by atoms with Crippen molar-refractivity contribution in [2.75, 3.05) is 0 Å². The van der Waals surface area contributed by atoms with Crippen molar-refractivity contribution in [1.29, 1.82) is 0 Å². The highest BCUT2D eigenvalue weighted by atomic mass is 19.1. The number of benzene rings is 2. The number of aromatic nitrogens is 1. The van der Waals surface area contributed by atoms with E-state index in [2.05, 4.69) is 4.98 Å². The average Bonchev–Trinajstić information content (AvgIpc) is 3.00. The minimum Gasteiger partial charge on any atom is -0.461 e. The highest BCUT2D eigenvalue weighted by Gasteiger charge is 2.19. The van der Waals surface area contributed by atoms with Crippen LogP contribution in [0.2, 0.25) is 0 Å². The highest BCUT2D eigenvalue weighted by Crippen LogP contribution is 2.26. The molecule has 3 aromatic rings. The molecule has 2 aromatic carbocycles. The van der Waals surface area contributed by atoms with Crippen LogP contribution in [-0.4, -0.2) is 15.9 Å². The summed E-state index contributed by atoms with van der Waals surface area (Å²) in [6, 6.07) is 13.3. The van der Waals surface area contributed by atoms with Gasteiger partial charge in [0.05, 0.1) is 10.8 Å². The second-order valence-electron chi connectivity index (χ2n) is 6.14. The van der Waals surface area contributed by atoms with Crippen LogP contribution in [0.15, 0.2) is 48.5 Å². The maximum atomic E-state index is 13.7. The van der Waals surface area contributed by atoms with E-state index < -0.39 is 22.3 Å². The summed E-state index contributed by atoms with van der Waals surface area (Å²) in [6.07, 6.45) is 0.359. The first kappa shape index (κ1) is 17.6. The van der Waals surface area contributed by atoms with Crippen molar-refractivity contribution in [3.05, 3.63) is 75.7 Å². The molecule has 0 radical (unpaired) electrons. The first-order chi connectivity index (χ1) is 12.4. The molecule has 0 aliphatic heterocycles. The van der Waals surface area contributed by atoms with Crippen LogP contribution < -0.4 is 0 Å². The van der Waals surface area contributed by atoms with Crippen molar-refractivity contribution < 1.29 is 18.8 Å². The van der Waals surface area contributed by atoms with Crippen molar-refractivity contribution in [2.45, 2.75) is 20.0 Å². The number of nitrogens with zero attached hydrogens (tertiary/aromatic N) is 1. The Labute approximate surface area is 148 Å². The lowest BCUT2D eigenvalue weighted by Crippen LogP contribution is -2.17. The number of carbonyl (C=O) groups excluding carboxylic acids is 1. The van der Waals surface area contributed by atoms with Gasteiger partial charge in [-0.2, -0.15) is 4.39 Å². The fraction of sp³-hybridized carbons (Fsp3) is 0.211. The van der Waals surface area contributed by atoms with Crippen LogP contribution >= 0.6 is 0 Å². The van der Waals surface area contributed by atoms with E-state index in [0.29, 0.717) is 23.0 Å². The summed E-state index contributed by atoms with van der Waals surface area (Å²) in [6.45, 7) is 1.94. The molecule has 1 atom stereocenters. The van der Waals surface area contributed by atoms with Crippen molar-refractivity contribution in [2.24, 2.45) is 5.92 Å². The molecule has 0 amide bonds. The van der Waals surface area contributed by atoms with Gasteiger partial charge in [0.2, 0.25) is 5.82 Å². The zero-order valence-corrected chi connectivity index (χ0v) is 14.1. The van der Waals surface area contributed by atoms with E-state index in [1.54, 1.807) is 13.0 Å². The molecular formula is C19H17FN2O4. The SMILES string of the molecule is CC(Cc1cc2cc([N+](=O)[O-])c(F)cc2[nH]1)C(=O)OCc1ccccc1. The number of hydrogen-bond acceptors (Lipinski definition) is 4. The highest BCUT2D eigenvalue weighted by molar-refractivity contribution is 5.83. The Balaban J connectivity index is 1.67. The third kappa shape index (κ3) is 3.88. The summed E-state index contributed by atoms with van der Waals surface area (Å²) in [5.74, 6) is -1.65. The lowest BCUT2D eigenvalue weighted by Gasteiger charge is -2.10. The topological polar surface area (TPSA) is 85.2 Å². The maximum absolute atomic E-state index is 13.7. The molecule has 3 rings (SSSR count). The van der Waals surface area contributed by atoms with Gasteiger partial charge in [-0.05, 0) is 11.6 Å². The van der Waals surface area contributed by atoms with Gasteiger partial charge < -0.3 is 9.72 Å². The molecule has 0 spiro atoms. The van der Waals surface area contributed by atoms with Gasteiger partial charge in [0, 0.05) is 35.2 Å². The predicted molar refractivity (Wildman–Crippen MR) is 94.0 cm³/mol. The summed E-state index contributed by atoms with van der Waals surface area (Å²) in [7, 11) is 0. The minimum absolute atomic E-state index is 0.203. The molecule has 1 unspecified atom stereocenters. The number of nitrogens with one attached hydrogen (secondary N) is 1. The number of fused-ring (bicyclic) bond motifs is 1. The largest absolute Gasteiger partial charge is 0.461 e. The number of carbonyl (C=O) groups is 1. The maximum Gasteiger partial charge on any atom is 0.309 e. The van der Waals surface area contributed by atoms with E-state index in [0.717, 1.165) is 11.6 Å². The summed E-state index contributed by atoms with van der Waals surface area (Å²) >= 11 is 0. The van der Waals surface area contributed by atoms with E-state index in [9.17, 15) is 19.3 Å². The normalized spacial score (nSPS) is 12.1. The number of hydrogen-bond donors (Lipinski definition) is 1. The van der Waals surface area contributed by atoms with Crippen molar-refractivity contribution in [3.63, 3.8) is 0 Å². The fourth-order valence-corrected chi connectivity index (χ4v) is 2.74. The van der Waals surface area contributed by atoms with Crippen molar-refractivity contribution in [3.8, 4) is 0 Å². The van der Waals surface area contributed by atoms with Crippen LogP contribution in [0.3, 0.4) is 0 Å². The zero-order valence-electron chi connectivity index (χ0n) is 14.1. The second kappa shape index (κ2) is 7.35. The standard InChI is InChI=1S/C19H17FN2O4/c1-12(19(23)26-11-13-5-3-2-4-6-13)7-15-8-14-9-18(22(24)25)16(20)10-17(14)21-15/h2-6,8-10,12,21H,7,11H2,1H3. The molecule has 0 saturated heterocycles. The van der Waals surface area contributed by atoms with Gasteiger partial charge in [-0.3, -0.25) is 14.9 Å². The van der Waals surface area contributed by atoms with Gasteiger partial charge in [-0.25, -0.2) is 0 Å². The Bertz CT molecular complexity index is 953. The monoisotopic (exact) mass is 356 g/mol. The van der Waals surface area contributed by atoms with Crippen molar-refractivity contribution >= 4 is 22.6 Å². The molecule has 7 heteroatoms. The molecular weight excluding hydrogens is 339 g/mol. The third-order valence-electron chi connectivity index (χ3n) is 4.09. The first-order valence-corrected chi connectivity index (χ1v) is 8.10. The number of nitro groups is 1. The van der Waals surface area contributed by atoms with Crippen LogP contribution in [0, 0.1) is 21.8 Å². The number of H-pyrrole nitrogens is 1. The molecule has 0 saturated carbocycles. The van der Waals surface area contributed by atoms with Crippen LogP contribution in [0.4, 0.5) is 10.1 Å². The van der Waals surface area contributed by atoms with Crippen LogP contribution in [0.5, 0.6) is 0 Å². The third-order valence-corrected chi connectivity index (χ3v) is 4.09. The number of ether oxygens (including phenoxy) is 1. The Morgan fingerprint density at radius 2 is 2.00 bits per heavy atom. The van der Waals surface area contributed by atoms with Gasteiger partial charge >= 0.3 is 11.7 Å². The summed E-state index contributed by atoms with van der Waals surface area (Å²) in [5, 5.41) is 11.3. The zero-order chi connectivity index (χ0) is 18.7. The molecule has 0 aliphatic rings. The lowest BCUT2D eigenvalue weighted by atomic mass is 10.1. The number of aromatic amines is 1. The quantitative estimate of drug-likeness (QED) is 0.409. The molecule has 1 N–H and O–H groups in total. The molecule has 1 aromatic heterocycles. The van der Waals surface area contributed by atoms with E-state index in [4.69, 9.17) is 4.74 Å². The number of esters is 1. The summed E-state index contributed by atoms with van der Waals surface area (Å²) in [5.41, 5.74) is 1.47. The van der Waals surface area contributed by atoms with Crippen molar-refractivity contribution in [1.82, 2.24) is 4.98 Å². The molecule has 0 bridgehead atoms. The van der Waals surface area contributed by atoms with Gasteiger partial charge in [0.15, 0.2) is 0 Å². The van der Waals surface area contributed by atoms with Gasteiger partial charge in [0.1, 0.15) is 6.61 Å². The number of rotatable bonds is 6.